The summed E-state index contributed by atoms with van der Waals surface area (Å²) in [7, 11) is -3.25. The van der Waals surface area contributed by atoms with Gasteiger partial charge < -0.3 is 5.11 Å². The van der Waals surface area contributed by atoms with Crippen molar-refractivity contribution < 1.29 is 13.5 Å². The Labute approximate surface area is 113 Å². The summed E-state index contributed by atoms with van der Waals surface area (Å²) in [4.78, 5) is 3.90. The van der Waals surface area contributed by atoms with Crippen LogP contribution in [0.25, 0.3) is 0 Å². The molecule has 0 unspecified atom stereocenters. The van der Waals surface area contributed by atoms with Crippen molar-refractivity contribution in [2.24, 2.45) is 5.92 Å². The lowest BCUT2D eigenvalue weighted by Crippen LogP contribution is -2.64. The zero-order chi connectivity index (χ0) is 13.5. The van der Waals surface area contributed by atoms with E-state index in [1.807, 2.05) is 12.1 Å². The molecule has 1 aromatic heterocycles. The molecule has 0 spiro atoms. The number of sulfonamides is 1. The Hall–Kier alpha value is -0.980. The van der Waals surface area contributed by atoms with Gasteiger partial charge in [-0.3, -0.25) is 4.98 Å². The van der Waals surface area contributed by atoms with Crippen molar-refractivity contribution in [2.45, 2.75) is 24.9 Å². The Morgan fingerprint density at radius 2 is 1.95 bits per heavy atom. The third-order valence-corrected chi connectivity index (χ3v) is 5.79. The van der Waals surface area contributed by atoms with E-state index in [4.69, 9.17) is 0 Å². The van der Waals surface area contributed by atoms with Crippen molar-refractivity contribution in [3.63, 3.8) is 0 Å². The van der Waals surface area contributed by atoms with E-state index in [1.165, 1.54) is 4.31 Å². The largest absolute Gasteiger partial charge is 0.387 e. The van der Waals surface area contributed by atoms with Crippen LogP contribution in [0.5, 0.6) is 0 Å². The van der Waals surface area contributed by atoms with Crippen LogP contribution in [0.2, 0.25) is 0 Å². The first-order chi connectivity index (χ1) is 9.00. The lowest BCUT2D eigenvalue weighted by molar-refractivity contribution is -0.0764. The van der Waals surface area contributed by atoms with E-state index in [0.717, 1.165) is 18.4 Å². The van der Waals surface area contributed by atoms with Crippen molar-refractivity contribution in [3.05, 3.63) is 30.1 Å². The highest BCUT2D eigenvalue weighted by Gasteiger charge is 2.54. The first-order valence-electron chi connectivity index (χ1n) is 6.59. The van der Waals surface area contributed by atoms with Gasteiger partial charge in [-0.25, -0.2) is 8.42 Å². The Balaban J connectivity index is 1.56. The highest BCUT2D eigenvalue weighted by Crippen LogP contribution is 2.45. The number of aryl methyl sites for hydroxylation is 1. The molecule has 0 atom stereocenters. The molecule has 0 amide bonds. The molecular formula is C13H18N2O3S. The predicted molar refractivity (Wildman–Crippen MR) is 71.0 cm³/mol. The van der Waals surface area contributed by atoms with Crippen molar-refractivity contribution >= 4 is 10.0 Å². The van der Waals surface area contributed by atoms with Gasteiger partial charge in [-0.2, -0.15) is 4.31 Å². The van der Waals surface area contributed by atoms with E-state index in [-0.39, 0.29) is 18.8 Å². The van der Waals surface area contributed by atoms with E-state index in [0.29, 0.717) is 12.3 Å². The van der Waals surface area contributed by atoms with Crippen LogP contribution in [0, 0.1) is 5.92 Å². The van der Waals surface area contributed by atoms with Gasteiger partial charge in [0, 0.05) is 25.5 Å². The Bertz CT molecular complexity index is 549. The standard InChI is InChI=1S/C13H18N2O3S/c16-13(12-1-2-12)9-15(10-13)19(17,18)8-5-11-3-6-14-7-4-11/h3-4,6-7,12,16H,1-2,5,8-10H2. The molecule has 0 radical (unpaired) electrons. The van der Waals surface area contributed by atoms with Crippen LogP contribution in [-0.2, 0) is 16.4 Å². The van der Waals surface area contributed by atoms with E-state index in [1.54, 1.807) is 12.4 Å². The Morgan fingerprint density at radius 1 is 1.32 bits per heavy atom. The van der Waals surface area contributed by atoms with Gasteiger partial charge >= 0.3 is 0 Å². The highest BCUT2D eigenvalue weighted by molar-refractivity contribution is 7.89. The monoisotopic (exact) mass is 282 g/mol. The fourth-order valence-electron chi connectivity index (χ4n) is 2.57. The summed E-state index contributed by atoms with van der Waals surface area (Å²) in [6, 6.07) is 3.65. The molecule has 5 nitrogen and oxygen atoms in total. The summed E-state index contributed by atoms with van der Waals surface area (Å²) in [5.41, 5.74) is 0.223. The van der Waals surface area contributed by atoms with Gasteiger partial charge in [0.2, 0.25) is 10.0 Å². The van der Waals surface area contributed by atoms with Gasteiger partial charge in [-0.1, -0.05) is 0 Å². The molecule has 3 rings (SSSR count). The van der Waals surface area contributed by atoms with Crippen LogP contribution in [-0.4, -0.2) is 47.3 Å². The second-order valence-electron chi connectivity index (χ2n) is 5.57. The molecule has 2 heterocycles. The van der Waals surface area contributed by atoms with Gasteiger partial charge in [0.05, 0.1) is 11.4 Å². The summed E-state index contributed by atoms with van der Waals surface area (Å²) in [5, 5.41) is 10.2. The van der Waals surface area contributed by atoms with Crippen molar-refractivity contribution in [3.8, 4) is 0 Å². The third kappa shape index (κ3) is 2.66. The lowest BCUT2D eigenvalue weighted by Gasteiger charge is -2.45. The number of pyridine rings is 1. The first kappa shape index (κ1) is 13.0. The molecule has 2 aliphatic rings. The smallest absolute Gasteiger partial charge is 0.214 e. The molecule has 0 bridgehead atoms. The van der Waals surface area contributed by atoms with Crippen molar-refractivity contribution in [1.29, 1.82) is 0 Å². The number of nitrogens with zero attached hydrogens (tertiary/aromatic N) is 2. The van der Waals surface area contributed by atoms with Crippen LogP contribution < -0.4 is 0 Å². The quantitative estimate of drug-likeness (QED) is 0.849. The maximum atomic E-state index is 12.1. The molecule has 104 valence electrons. The molecule has 6 heteroatoms. The van der Waals surface area contributed by atoms with Crippen LogP contribution in [0.15, 0.2) is 24.5 Å². The molecule has 2 fully saturated rings. The van der Waals surface area contributed by atoms with E-state index >= 15 is 0 Å². The van der Waals surface area contributed by atoms with Crippen LogP contribution in [0.3, 0.4) is 0 Å². The second kappa shape index (κ2) is 4.54. The SMILES string of the molecule is O=S(=O)(CCc1ccncc1)N1CC(O)(C2CC2)C1. The summed E-state index contributed by atoms with van der Waals surface area (Å²) in [6.45, 7) is 0.548. The Morgan fingerprint density at radius 3 is 2.53 bits per heavy atom. The zero-order valence-electron chi connectivity index (χ0n) is 10.7. The zero-order valence-corrected chi connectivity index (χ0v) is 11.5. The van der Waals surface area contributed by atoms with Crippen molar-refractivity contribution in [2.75, 3.05) is 18.8 Å². The lowest BCUT2D eigenvalue weighted by atomic mass is 9.91. The average molecular weight is 282 g/mol. The summed E-state index contributed by atoms with van der Waals surface area (Å²) in [5.74, 6) is 0.414. The average Bonchev–Trinajstić information content (AvgIpc) is 3.18. The normalized spacial score (nSPS) is 23.0. The summed E-state index contributed by atoms with van der Waals surface area (Å²) < 4.78 is 25.6. The minimum Gasteiger partial charge on any atom is -0.387 e. The molecule has 1 N–H and O–H groups in total. The minimum absolute atomic E-state index is 0.0950. The number of aliphatic hydroxyl groups is 1. The molecule has 1 saturated heterocycles. The molecule has 0 aromatic carbocycles. The fourth-order valence-corrected chi connectivity index (χ4v) is 4.16. The van der Waals surface area contributed by atoms with Crippen LogP contribution in [0.4, 0.5) is 0 Å². The fraction of sp³-hybridized carbons (Fsp3) is 0.615. The summed E-state index contributed by atoms with van der Waals surface area (Å²) >= 11 is 0. The maximum absolute atomic E-state index is 12.1. The summed E-state index contributed by atoms with van der Waals surface area (Å²) in [6.07, 6.45) is 5.88. The van der Waals surface area contributed by atoms with Gasteiger partial charge in [0.1, 0.15) is 0 Å². The molecular weight excluding hydrogens is 264 g/mol. The Kier molecular flexibility index (Phi) is 3.11. The number of aromatic nitrogens is 1. The molecule has 1 saturated carbocycles. The van der Waals surface area contributed by atoms with Crippen LogP contribution >= 0.6 is 0 Å². The molecule has 1 aliphatic carbocycles. The first-order valence-corrected chi connectivity index (χ1v) is 8.20. The van der Waals surface area contributed by atoms with E-state index < -0.39 is 15.6 Å². The van der Waals surface area contributed by atoms with E-state index in [2.05, 4.69) is 4.98 Å². The van der Waals surface area contributed by atoms with Crippen LogP contribution in [0.1, 0.15) is 18.4 Å². The second-order valence-corrected chi connectivity index (χ2v) is 7.66. The predicted octanol–water partition coefficient (Wildman–Crippen LogP) is 0.411. The van der Waals surface area contributed by atoms with Gasteiger partial charge in [0.25, 0.3) is 0 Å². The molecule has 19 heavy (non-hydrogen) atoms. The number of rotatable bonds is 5. The minimum atomic E-state index is -3.25. The van der Waals surface area contributed by atoms with E-state index in [9.17, 15) is 13.5 Å². The van der Waals surface area contributed by atoms with Gasteiger partial charge in [-0.05, 0) is 42.9 Å². The number of hydrogen-bond donors (Lipinski definition) is 1. The van der Waals surface area contributed by atoms with Gasteiger partial charge in [0.15, 0.2) is 0 Å². The molecule has 1 aromatic rings. The number of β-amino-alcohol motifs (C(OH)–C–C–N with tert-alkyl or cyclic N) is 1. The molecule has 1 aliphatic heterocycles. The topological polar surface area (TPSA) is 70.5 Å². The number of hydrogen-bond acceptors (Lipinski definition) is 4. The highest BCUT2D eigenvalue weighted by atomic mass is 32.2. The van der Waals surface area contributed by atoms with Crippen molar-refractivity contribution in [1.82, 2.24) is 9.29 Å². The van der Waals surface area contributed by atoms with Gasteiger partial charge in [-0.15, -0.1) is 0 Å². The maximum Gasteiger partial charge on any atom is 0.214 e. The third-order valence-electron chi connectivity index (χ3n) is 4.03.